The molecule has 0 fully saturated rings. The van der Waals surface area contributed by atoms with Gasteiger partial charge in [-0.15, -0.1) is 0 Å². The SMILES string of the molecule is O=[N+]([O-])[O-].[Ba+2].[Ba+2].[OH-].[OH-].[OH-]. The number of rotatable bonds is 0. The molecule has 0 aliphatic rings. The molecule has 0 amide bonds. The van der Waals surface area contributed by atoms with E-state index in [1.54, 1.807) is 0 Å². The number of hydrogen-bond donors (Lipinski definition) is 0. The molecule has 0 atom stereocenters. The minimum absolute atomic E-state index is 0. The van der Waals surface area contributed by atoms with Gasteiger partial charge >= 0.3 is 97.8 Å². The van der Waals surface area contributed by atoms with Gasteiger partial charge in [0.2, 0.25) is 0 Å². The van der Waals surface area contributed by atoms with Crippen LogP contribution in [0.3, 0.4) is 0 Å². The molecule has 7 nitrogen and oxygen atoms in total. The van der Waals surface area contributed by atoms with Crippen LogP contribution in [0.25, 0.3) is 0 Å². The Hall–Kier alpha value is 2.22. The van der Waals surface area contributed by atoms with Crippen LogP contribution in [0, 0.1) is 15.3 Å². The van der Waals surface area contributed by atoms with Crippen LogP contribution < -0.4 is 0 Å². The first-order valence-corrected chi connectivity index (χ1v) is 0.548. The van der Waals surface area contributed by atoms with Gasteiger partial charge in [0.25, 0.3) is 0 Å². The van der Waals surface area contributed by atoms with Crippen LogP contribution in [0.2, 0.25) is 0 Å². The van der Waals surface area contributed by atoms with E-state index >= 15 is 0 Å². The number of hydrogen-bond acceptors (Lipinski definition) is 6. The van der Waals surface area contributed by atoms with Crippen molar-refractivity contribution in [1.82, 2.24) is 0 Å². The summed E-state index contributed by atoms with van der Waals surface area (Å²) >= 11 is 0. The molecule has 0 bridgehead atoms. The van der Waals surface area contributed by atoms with Crippen molar-refractivity contribution in [2.45, 2.75) is 0 Å². The summed E-state index contributed by atoms with van der Waals surface area (Å²) in [5, 5.41) is 14.8. The Bertz CT molecular complexity index is 34.0. The molecule has 0 unspecified atom stereocenters. The third-order valence-corrected chi connectivity index (χ3v) is 0. The van der Waals surface area contributed by atoms with E-state index in [1.807, 2.05) is 0 Å². The van der Waals surface area contributed by atoms with Crippen LogP contribution in [0.15, 0.2) is 0 Å². The van der Waals surface area contributed by atoms with Gasteiger partial charge in [0.05, 0.1) is 5.09 Å². The molecule has 0 saturated carbocycles. The molecule has 0 radical (unpaired) electrons. The molecule has 0 rings (SSSR count). The summed E-state index contributed by atoms with van der Waals surface area (Å²) in [6.45, 7) is 0. The van der Waals surface area contributed by atoms with Crippen LogP contribution in [-0.4, -0.2) is 119 Å². The molecule has 3 N–H and O–H groups in total. The predicted molar refractivity (Wildman–Crippen MR) is 27.7 cm³/mol. The van der Waals surface area contributed by atoms with Gasteiger partial charge in [-0.2, -0.15) is 0 Å². The third-order valence-electron chi connectivity index (χ3n) is 0. The van der Waals surface area contributed by atoms with Crippen molar-refractivity contribution >= 4 is 97.8 Å². The minimum Gasteiger partial charge on any atom is -0.870 e. The van der Waals surface area contributed by atoms with Crippen LogP contribution >= 0.6 is 0 Å². The van der Waals surface area contributed by atoms with Gasteiger partial charge in [-0.25, -0.2) is 0 Å². The largest absolute Gasteiger partial charge is 2.00 e. The van der Waals surface area contributed by atoms with E-state index in [4.69, 9.17) is 15.3 Å². The van der Waals surface area contributed by atoms with Crippen LogP contribution in [-0.2, 0) is 0 Å². The molecule has 0 aromatic carbocycles. The fraction of sp³-hybridized carbons (Fsp3) is 0. The van der Waals surface area contributed by atoms with Crippen molar-refractivity contribution in [3.63, 3.8) is 0 Å². The van der Waals surface area contributed by atoms with Crippen molar-refractivity contribution < 1.29 is 21.5 Å². The average Bonchev–Trinajstić information content (AvgIpc) is 0.811. The van der Waals surface area contributed by atoms with Gasteiger partial charge in [0, 0.05) is 0 Å². The Morgan fingerprint density at radius 1 is 0.889 bits per heavy atom. The topological polar surface area (TPSA) is 156 Å². The van der Waals surface area contributed by atoms with Crippen molar-refractivity contribution in [3.8, 4) is 0 Å². The molecule has 0 aromatic rings. The van der Waals surface area contributed by atoms with Crippen molar-refractivity contribution in [2.24, 2.45) is 0 Å². The summed E-state index contributed by atoms with van der Waals surface area (Å²) in [5.41, 5.74) is 0. The van der Waals surface area contributed by atoms with Gasteiger partial charge in [0.15, 0.2) is 0 Å². The van der Waals surface area contributed by atoms with Crippen molar-refractivity contribution in [3.05, 3.63) is 15.3 Å². The minimum atomic E-state index is -1.75. The van der Waals surface area contributed by atoms with E-state index in [2.05, 4.69) is 0 Å². The van der Waals surface area contributed by atoms with Gasteiger partial charge in [0.1, 0.15) is 0 Å². The van der Waals surface area contributed by atoms with Gasteiger partial charge in [-0.05, 0) is 0 Å². The summed E-state index contributed by atoms with van der Waals surface area (Å²) < 4.78 is 0. The molecular weight excluding hydrogens is 385 g/mol. The van der Waals surface area contributed by atoms with Gasteiger partial charge < -0.3 is 31.8 Å². The van der Waals surface area contributed by atoms with E-state index < -0.39 is 5.09 Å². The molecule has 9 heteroatoms. The summed E-state index contributed by atoms with van der Waals surface area (Å²) in [6, 6.07) is 0. The summed E-state index contributed by atoms with van der Waals surface area (Å²) in [6.07, 6.45) is 0. The zero-order valence-electron chi connectivity index (χ0n) is 4.43. The normalized spacial score (nSPS) is 2.67. The fourth-order valence-electron chi connectivity index (χ4n) is 0. The Morgan fingerprint density at radius 3 is 0.889 bits per heavy atom. The van der Waals surface area contributed by atoms with Crippen LogP contribution in [0.4, 0.5) is 0 Å². The Labute approximate surface area is 131 Å². The number of nitrogens with zero attached hydrogens (tertiary/aromatic N) is 1. The Morgan fingerprint density at radius 2 is 0.889 bits per heavy atom. The molecule has 0 aliphatic carbocycles. The predicted octanol–water partition coefficient (Wildman–Crippen LogP) is -1.53. The summed E-state index contributed by atoms with van der Waals surface area (Å²) in [5.74, 6) is 0. The monoisotopic (exact) mass is 389 g/mol. The molecular formula is H3Ba2NO6. The van der Waals surface area contributed by atoms with E-state index in [0.717, 1.165) is 0 Å². The molecule has 0 spiro atoms. The maximum Gasteiger partial charge on any atom is 2.00 e. The second-order valence-corrected chi connectivity index (χ2v) is 0.224. The van der Waals surface area contributed by atoms with Gasteiger partial charge in [-0.1, -0.05) is 0 Å². The van der Waals surface area contributed by atoms with E-state index in [0.29, 0.717) is 0 Å². The first-order chi connectivity index (χ1) is 1.73. The molecule has 0 heterocycles. The second kappa shape index (κ2) is 31.9. The molecule has 0 aromatic heterocycles. The summed E-state index contributed by atoms with van der Waals surface area (Å²) in [7, 11) is 0. The fourth-order valence-corrected chi connectivity index (χ4v) is 0. The third kappa shape index (κ3) is 140. The average molecular weight is 388 g/mol. The van der Waals surface area contributed by atoms with Gasteiger partial charge in [-0.3, -0.25) is 0 Å². The molecule has 0 saturated heterocycles. The first-order valence-electron chi connectivity index (χ1n) is 0.548. The first kappa shape index (κ1) is 43.0. The van der Waals surface area contributed by atoms with Crippen LogP contribution in [0.5, 0.6) is 0 Å². The van der Waals surface area contributed by atoms with Crippen LogP contribution in [0.1, 0.15) is 0 Å². The van der Waals surface area contributed by atoms with E-state index in [1.165, 1.54) is 0 Å². The smallest absolute Gasteiger partial charge is 0.870 e. The maximum atomic E-state index is 8.25. The Balaban J connectivity index is -0.00000000450. The van der Waals surface area contributed by atoms with Crippen molar-refractivity contribution in [1.29, 1.82) is 0 Å². The van der Waals surface area contributed by atoms with Crippen molar-refractivity contribution in [2.75, 3.05) is 0 Å². The maximum absolute atomic E-state index is 8.25. The summed E-state index contributed by atoms with van der Waals surface area (Å²) in [4.78, 5) is 8.25. The zero-order chi connectivity index (χ0) is 3.58. The molecule has 0 aliphatic heterocycles. The Kier molecular flexibility index (Phi) is 152. The quantitative estimate of drug-likeness (QED) is 0.279. The standard InChI is InChI=1S/2Ba.NO3.3H2O/c;;2-1(3)4;;;/h;;;3*1H2/q2*+2;-1;;;/p-3. The second-order valence-electron chi connectivity index (χ2n) is 0.224. The van der Waals surface area contributed by atoms with E-state index in [-0.39, 0.29) is 114 Å². The molecule has 9 heavy (non-hydrogen) atoms. The molecule has 48 valence electrons. The zero-order valence-corrected chi connectivity index (χ0v) is 13.3. The van der Waals surface area contributed by atoms with E-state index in [9.17, 15) is 0 Å².